The Morgan fingerprint density at radius 3 is 2.29 bits per heavy atom. The van der Waals surface area contributed by atoms with Crippen LogP contribution in [0, 0.1) is 0 Å². The number of rotatable bonds is 14. The summed E-state index contributed by atoms with van der Waals surface area (Å²) in [5.41, 5.74) is -0.242. The van der Waals surface area contributed by atoms with Crippen molar-refractivity contribution in [1.29, 1.82) is 0 Å². The summed E-state index contributed by atoms with van der Waals surface area (Å²) in [7, 11) is 9.53. The van der Waals surface area contributed by atoms with Crippen LogP contribution in [0.1, 0.15) is 73.1 Å². The first-order valence-electron chi connectivity index (χ1n) is 8.75. The lowest BCUT2D eigenvalue weighted by Crippen LogP contribution is -2.26. The molecule has 0 aromatic rings. The Morgan fingerprint density at radius 1 is 1.12 bits per heavy atom. The molecule has 0 aromatic heterocycles. The smallest absolute Gasteiger partial charge is 0.220 e. The SMILES string of the molecule is [B]C(=O)CCC(C)(C)SSCCCC(=O)NCPC(C)(CC)CC. The molecule has 138 valence electrons. The number of nitrogens with one attached hydrogen (secondary N) is 1. The molecule has 7 heteroatoms. The second-order valence-corrected chi connectivity index (χ2v) is 12.0. The summed E-state index contributed by atoms with van der Waals surface area (Å²) < 4.78 is 0.0356. The minimum Gasteiger partial charge on any atom is -0.352 e. The van der Waals surface area contributed by atoms with E-state index in [0.29, 0.717) is 18.0 Å². The number of carbonyl (C=O) groups is 2. The molecule has 1 atom stereocenters. The lowest BCUT2D eigenvalue weighted by atomic mass is 9.94. The second kappa shape index (κ2) is 12.6. The largest absolute Gasteiger partial charge is 0.352 e. The molecule has 0 rings (SSSR count). The normalized spacial score (nSPS) is 12.7. The van der Waals surface area contributed by atoms with Crippen molar-refractivity contribution in [2.45, 2.75) is 83.0 Å². The summed E-state index contributed by atoms with van der Waals surface area (Å²) in [5.74, 6) is 1.11. The van der Waals surface area contributed by atoms with Crippen LogP contribution in [-0.2, 0) is 9.59 Å². The maximum absolute atomic E-state index is 11.9. The Morgan fingerprint density at radius 2 is 1.75 bits per heavy atom. The summed E-state index contributed by atoms with van der Waals surface area (Å²) in [5, 5.41) is 3.42. The zero-order chi connectivity index (χ0) is 18.6. The van der Waals surface area contributed by atoms with Crippen molar-refractivity contribution in [3.8, 4) is 0 Å². The van der Waals surface area contributed by atoms with Gasteiger partial charge in [-0.1, -0.05) is 50.9 Å². The van der Waals surface area contributed by atoms with Crippen LogP contribution >= 0.6 is 30.2 Å². The monoisotopic (exact) mass is 389 g/mol. The first kappa shape index (κ1) is 24.3. The van der Waals surface area contributed by atoms with Crippen LogP contribution in [0.4, 0.5) is 0 Å². The summed E-state index contributed by atoms with van der Waals surface area (Å²) in [6, 6.07) is 0. The predicted molar refractivity (Wildman–Crippen MR) is 114 cm³/mol. The van der Waals surface area contributed by atoms with Gasteiger partial charge in [-0.3, -0.25) is 4.79 Å². The Balaban J connectivity index is 3.74. The van der Waals surface area contributed by atoms with Gasteiger partial charge in [0.05, 0.1) is 5.68 Å². The van der Waals surface area contributed by atoms with E-state index in [1.165, 1.54) is 0 Å². The minimum absolute atomic E-state index is 0.0356. The third-order valence-electron chi connectivity index (χ3n) is 4.25. The van der Waals surface area contributed by atoms with Crippen molar-refractivity contribution in [3.05, 3.63) is 0 Å². The van der Waals surface area contributed by atoms with Gasteiger partial charge >= 0.3 is 0 Å². The maximum atomic E-state index is 11.9. The zero-order valence-electron chi connectivity index (χ0n) is 15.9. The lowest BCUT2D eigenvalue weighted by molar-refractivity contribution is -0.120. The van der Waals surface area contributed by atoms with Gasteiger partial charge in [-0.25, -0.2) is 0 Å². The molecule has 1 N–H and O–H groups in total. The quantitative estimate of drug-likeness (QED) is 0.202. The van der Waals surface area contributed by atoms with Gasteiger partial charge < -0.3 is 10.1 Å². The van der Waals surface area contributed by atoms with Gasteiger partial charge in [0, 0.05) is 23.2 Å². The average molecular weight is 389 g/mol. The molecule has 0 bridgehead atoms. The van der Waals surface area contributed by atoms with E-state index in [0.717, 1.165) is 46.3 Å². The van der Waals surface area contributed by atoms with Gasteiger partial charge in [0.1, 0.15) is 0 Å². The summed E-state index contributed by atoms with van der Waals surface area (Å²) in [6.45, 7) is 11.0. The molecule has 0 aliphatic heterocycles. The van der Waals surface area contributed by atoms with Gasteiger partial charge in [0.15, 0.2) is 7.85 Å². The molecule has 0 saturated carbocycles. The molecule has 0 aliphatic carbocycles. The maximum Gasteiger partial charge on any atom is 0.220 e. The fourth-order valence-electron chi connectivity index (χ4n) is 1.90. The molecule has 2 radical (unpaired) electrons. The highest BCUT2D eigenvalue weighted by Gasteiger charge is 2.20. The molecule has 0 aliphatic rings. The zero-order valence-corrected chi connectivity index (χ0v) is 18.5. The van der Waals surface area contributed by atoms with Crippen molar-refractivity contribution >= 4 is 49.6 Å². The molecule has 0 spiro atoms. The number of hydrogen-bond donors (Lipinski definition) is 1. The van der Waals surface area contributed by atoms with E-state index < -0.39 is 0 Å². The molecule has 0 heterocycles. The first-order valence-corrected chi connectivity index (χ1v) is 12.3. The van der Waals surface area contributed by atoms with Crippen molar-refractivity contribution in [2.75, 3.05) is 12.0 Å². The number of amides is 1. The van der Waals surface area contributed by atoms with E-state index in [1.807, 2.05) is 0 Å². The summed E-state index contributed by atoms with van der Waals surface area (Å²) in [6.07, 6.45) is 5.83. The van der Waals surface area contributed by atoms with E-state index in [9.17, 15) is 9.59 Å². The van der Waals surface area contributed by atoms with Crippen LogP contribution in [0.25, 0.3) is 0 Å². The van der Waals surface area contributed by atoms with Gasteiger partial charge in [-0.05, 0) is 51.1 Å². The molecule has 24 heavy (non-hydrogen) atoms. The molecule has 1 unspecified atom stereocenters. The first-order chi connectivity index (χ1) is 11.1. The Bertz CT molecular complexity index is 391. The van der Waals surface area contributed by atoms with Crippen LogP contribution in [0.2, 0.25) is 0 Å². The van der Waals surface area contributed by atoms with Crippen molar-refractivity contribution in [2.24, 2.45) is 0 Å². The van der Waals surface area contributed by atoms with E-state index in [2.05, 4.69) is 39.9 Å². The predicted octanol–water partition coefficient (Wildman–Crippen LogP) is 4.73. The van der Waals surface area contributed by atoms with Gasteiger partial charge in [-0.2, -0.15) is 0 Å². The van der Waals surface area contributed by atoms with Gasteiger partial charge in [-0.15, -0.1) is 0 Å². The van der Waals surface area contributed by atoms with E-state index >= 15 is 0 Å². The van der Waals surface area contributed by atoms with E-state index in [1.54, 1.807) is 21.6 Å². The molecule has 0 aromatic carbocycles. The highest BCUT2D eigenvalue weighted by atomic mass is 33.1. The van der Waals surface area contributed by atoms with Crippen LogP contribution in [-0.4, -0.2) is 41.4 Å². The fourth-order valence-corrected chi connectivity index (χ4v) is 5.78. The molecular formula is C17H33BNO2PS2. The van der Waals surface area contributed by atoms with Crippen LogP contribution < -0.4 is 5.32 Å². The standard InChI is InChI=1S/C17H33BNO2PS2/c1-6-17(5,7-2)22-13-19-15(21)9-8-12-23-24-16(3,4)11-10-14(18)20/h22H,6-13H2,1-5H3,(H,19,21). The van der Waals surface area contributed by atoms with Crippen LogP contribution in [0.5, 0.6) is 0 Å². The summed E-state index contributed by atoms with van der Waals surface area (Å²) in [4.78, 5) is 22.7. The molecule has 1 amide bonds. The second-order valence-electron chi connectivity index (χ2n) is 6.96. The van der Waals surface area contributed by atoms with Crippen LogP contribution in [0.3, 0.4) is 0 Å². The van der Waals surface area contributed by atoms with Gasteiger partial charge in [0.25, 0.3) is 0 Å². The molecule has 0 saturated heterocycles. The number of carbonyl (C=O) groups excluding carboxylic acids is 2. The van der Waals surface area contributed by atoms with E-state index in [-0.39, 0.29) is 16.3 Å². The average Bonchev–Trinajstić information content (AvgIpc) is 2.52. The minimum atomic E-state index is -0.242. The van der Waals surface area contributed by atoms with Crippen molar-refractivity contribution < 1.29 is 9.59 Å². The Kier molecular flexibility index (Phi) is 12.8. The highest BCUT2D eigenvalue weighted by molar-refractivity contribution is 8.77. The summed E-state index contributed by atoms with van der Waals surface area (Å²) >= 11 is 0. The third-order valence-corrected chi connectivity index (χ3v) is 9.60. The third kappa shape index (κ3) is 12.7. The Labute approximate surface area is 159 Å². The fraction of sp³-hybridized carbons (Fsp3) is 0.882. The molecule has 0 fully saturated rings. The topological polar surface area (TPSA) is 46.2 Å². The Hall–Kier alpha value is 0.335. The molecule has 3 nitrogen and oxygen atoms in total. The van der Waals surface area contributed by atoms with Crippen molar-refractivity contribution in [1.82, 2.24) is 5.32 Å². The van der Waals surface area contributed by atoms with Crippen LogP contribution in [0.15, 0.2) is 0 Å². The van der Waals surface area contributed by atoms with Gasteiger partial charge in [0.2, 0.25) is 5.91 Å². The lowest BCUT2D eigenvalue weighted by Gasteiger charge is -2.26. The van der Waals surface area contributed by atoms with E-state index in [4.69, 9.17) is 7.85 Å². The van der Waals surface area contributed by atoms with Crippen molar-refractivity contribution in [3.63, 3.8) is 0 Å². The molecular weight excluding hydrogens is 356 g/mol. The highest BCUT2D eigenvalue weighted by Crippen LogP contribution is 2.39. The number of hydrogen-bond acceptors (Lipinski definition) is 4.